The number of allylic oxidation sites excluding steroid dienone is 3. The van der Waals surface area contributed by atoms with Crippen molar-refractivity contribution in [1.82, 2.24) is 0 Å². The van der Waals surface area contributed by atoms with E-state index in [0.717, 1.165) is 6.07 Å². The van der Waals surface area contributed by atoms with Gasteiger partial charge in [-0.3, -0.25) is 9.69 Å². The number of carbonyl (C=O) groups is 1. The fraction of sp³-hybridized carbons (Fsp3) is 0.250. The molecule has 0 radical (unpaired) electrons. The molecule has 0 aromatic heterocycles. The van der Waals surface area contributed by atoms with Gasteiger partial charge in [-0.2, -0.15) is 18.4 Å². The molecule has 168 valence electrons. The Hall–Kier alpha value is -3.93. The van der Waals surface area contributed by atoms with E-state index >= 15 is 0 Å². The number of anilines is 1. The Balaban J connectivity index is 1.75. The summed E-state index contributed by atoms with van der Waals surface area (Å²) in [4.78, 5) is 14.4. The summed E-state index contributed by atoms with van der Waals surface area (Å²) >= 11 is 0. The van der Waals surface area contributed by atoms with Crippen molar-refractivity contribution in [3.05, 3.63) is 76.3 Å². The second-order valence-electron chi connectivity index (χ2n) is 7.94. The van der Waals surface area contributed by atoms with Crippen LogP contribution in [0.15, 0.2) is 65.1 Å². The number of hydrogen-bond acceptors (Lipinski definition) is 6. The normalized spacial score (nSPS) is 20.1. The number of rotatable bonds is 2. The number of halogens is 3. The standard InChI is InChI=1S/C24H18F3N3O3/c25-24(26,27)15-4-1-2-5-16(15)30-17-6-3-7-18(31)22(17)21(14(11-28)23(30)29)13-8-9-19-20(10-13)33-12-32-19/h1-2,4-5,8-10,21H,3,6-7,12,29H2/t21-/m0/s1. The van der Waals surface area contributed by atoms with Gasteiger partial charge < -0.3 is 15.2 Å². The molecular weight excluding hydrogens is 435 g/mol. The summed E-state index contributed by atoms with van der Waals surface area (Å²) in [7, 11) is 0. The van der Waals surface area contributed by atoms with Crippen LogP contribution in [-0.2, 0) is 11.0 Å². The van der Waals surface area contributed by atoms with Crippen molar-refractivity contribution >= 4 is 11.5 Å². The van der Waals surface area contributed by atoms with Gasteiger partial charge in [0.15, 0.2) is 17.3 Å². The predicted octanol–water partition coefficient (Wildman–Crippen LogP) is 4.74. The number of nitriles is 1. The van der Waals surface area contributed by atoms with Gasteiger partial charge in [0.05, 0.1) is 28.8 Å². The Morgan fingerprint density at radius 2 is 1.85 bits per heavy atom. The molecule has 0 saturated heterocycles. The first-order valence-corrected chi connectivity index (χ1v) is 10.3. The molecule has 2 aromatic carbocycles. The molecule has 6 nitrogen and oxygen atoms in total. The van der Waals surface area contributed by atoms with Crippen LogP contribution in [-0.4, -0.2) is 12.6 Å². The Labute approximate surface area is 187 Å². The third-order valence-corrected chi connectivity index (χ3v) is 6.09. The van der Waals surface area contributed by atoms with E-state index in [2.05, 4.69) is 6.07 Å². The van der Waals surface area contributed by atoms with Crippen LogP contribution in [0.2, 0.25) is 0 Å². The molecule has 2 aliphatic heterocycles. The first-order chi connectivity index (χ1) is 15.8. The number of Topliss-reactive ketones (excluding diaryl/α,β-unsaturated/α-hetero) is 1. The Morgan fingerprint density at radius 1 is 1.09 bits per heavy atom. The first-order valence-electron chi connectivity index (χ1n) is 10.3. The molecule has 0 spiro atoms. The van der Waals surface area contributed by atoms with E-state index in [1.54, 1.807) is 18.2 Å². The highest BCUT2D eigenvalue weighted by atomic mass is 19.4. The molecule has 2 heterocycles. The molecule has 3 aliphatic rings. The molecule has 0 fully saturated rings. The molecule has 5 rings (SSSR count). The SMILES string of the molecule is N#CC1=C(N)N(c2ccccc2C(F)(F)F)C2=C(C(=O)CCC2)[C@H]1c1ccc2c(c1)OCO2. The van der Waals surface area contributed by atoms with Gasteiger partial charge in [-0.05, 0) is 42.7 Å². The van der Waals surface area contributed by atoms with Crippen molar-refractivity contribution in [2.75, 3.05) is 11.7 Å². The van der Waals surface area contributed by atoms with Gasteiger partial charge in [0, 0.05) is 17.7 Å². The van der Waals surface area contributed by atoms with Gasteiger partial charge in [-0.15, -0.1) is 0 Å². The second-order valence-corrected chi connectivity index (χ2v) is 7.94. The predicted molar refractivity (Wildman–Crippen MR) is 112 cm³/mol. The van der Waals surface area contributed by atoms with Crippen molar-refractivity contribution < 1.29 is 27.4 Å². The lowest BCUT2D eigenvalue weighted by Crippen LogP contribution is -2.39. The number of nitrogens with two attached hydrogens (primary N) is 1. The van der Waals surface area contributed by atoms with Gasteiger partial charge in [-0.1, -0.05) is 18.2 Å². The third kappa shape index (κ3) is 3.30. The molecule has 2 aromatic rings. The van der Waals surface area contributed by atoms with Crippen LogP contribution in [0.4, 0.5) is 18.9 Å². The van der Waals surface area contributed by atoms with Gasteiger partial charge >= 0.3 is 6.18 Å². The Kier molecular flexibility index (Phi) is 4.81. The summed E-state index contributed by atoms with van der Waals surface area (Å²) in [6, 6.07) is 12.2. The number of alkyl halides is 3. The molecule has 0 amide bonds. The number of benzene rings is 2. The summed E-state index contributed by atoms with van der Waals surface area (Å²) in [5, 5.41) is 10.0. The number of hydrogen-bond donors (Lipinski definition) is 1. The van der Waals surface area contributed by atoms with Gasteiger partial charge in [0.2, 0.25) is 6.79 Å². The topological polar surface area (TPSA) is 88.6 Å². The zero-order chi connectivity index (χ0) is 23.3. The highest BCUT2D eigenvalue weighted by molar-refractivity contribution is 6.01. The van der Waals surface area contributed by atoms with E-state index in [1.165, 1.54) is 23.1 Å². The maximum atomic E-state index is 13.8. The molecular formula is C24H18F3N3O3. The minimum atomic E-state index is -4.64. The van der Waals surface area contributed by atoms with E-state index in [9.17, 15) is 23.2 Å². The minimum Gasteiger partial charge on any atom is -0.454 e. The first kappa shape index (κ1) is 20.9. The molecule has 33 heavy (non-hydrogen) atoms. The smallest absolute Gasteiger partial charge is 0.418 e. The van der Waals surface area contributed by atoms with Crippen LogP contribution < -0.4 is 20.1 Å². The van der Waals surface area contributed by atoms with E-state index in [-0.39, 0.29) is 36.1 Å². The molecule has 9 heteroatoms. The van der Waals surface area contributed by atoms with Crippen molar-refractivity contribution in [3.63, 3.8) is 0 Å². The summed E-state index contributed by atoms with van der Waals surface area (Å²) in [5.74, 6) is -0.130. The number of ether oxygens (including phenoxy) is 2. The van der Waals surface area contributed by atoms with E-state index < -0.39 is 17.7 Å². The van der Waals surface area contributed by atoms with Gasteiger partial charge in [-0.25, -0.2) is 0 Å². The number of ketones is 1. The minimum absolute atomic E-state index is 0.0137. The Bertz CT molecular complexity index is 1270. The lowest BCUT2D eigenvalue weighted by atomic mass is 9.75. The zero-order valence-electron chi connectivity index (χ0n) is 17.3. The van der Waals surface area contributed by atoms with E-state index in [1.807, 2.05) is 0 Å². The second kappa shape index (κ2) is 7.59. The maximum absolute atomic E-state index is 13.8. The van der Waals surface area contributed by atoms with Crippen LogP contribution in [0, 0.1) is 11.3 Å². The van der Waals surface area contributed by atoms with Crippen molar-refractivity contribution in [1.29, 1.82) is 5.26 Å². The van der Waals surface area contributed by atoms with Crippen molar-refractivity contribution in [2.45, 2.75) is 31.4 Å². The maximum Gasteiger partial charge on any atom is 0.418 e. The molecule has 1 atom stereocenters. The monoisotopic (exact) mass is 453 g/mol. The lowest BCUT2D eigenvalue weighted by molar-refractivity contribution is -0.137. The Morgan fingerprint density at radius 3 is 2.61 bits per heavy atom. The van der Waals surface area contributed by atoms with Crippen LogP contribution in [0.25, 0.3) is 0 Å². The highest BCUT2D eigenvalue weighted by Crippen LogP contribution is 2.49. The number of para-hydroxylation sites is 1. The average Bonchev–Trinajstić information content (AvgIpc) is 3.26. The number of nitrogens with zero attached hydrogens (tertiary/aromatic N) is 2. The largest absolute Gasteiger partial charge is 0.454 e. The summed E-state index contributed by atoms with van der Waals surface area (Å²) < 4.78 is 52.3. The van der Waals surface area contributed by atoms with Crippen LogP contribution in [0.1, 0.15) is 36.3 Å². The van der Waals surface area contributed by atoms with Gasteiger partial charge in [0.25, 0.3) is 0 Å². The van der Waals surface area contributed by atoms with Crippen LogP contribution >= 0.6 is 0 Å². The fourth-order valence-corrected chi connectivity index (χ4v) is 4.70. The average molecular weight is 453 g/mol. The highest BCUT2D eigenvalue weighted by Gasteiger charge is 2.43. The summed E-state index contributed by atoms with van der Waals surface area (Å²) in [6.07, 6.45) is -3.57. The van der Waals surface area contributed by atoms with E-state index in [0.29, 0.717) is 41.2 Å². The third-order valence-electron chi connectivity index (χ3n) is 6.09. The van der Waals surface area contributed by atoms with E-state index in [4.69, 9.17) is 15.2 Å². The van der Waals surface area contributed by atoms with Crippen LogP contribution in [0.5, 0.6) is 11.5 Å². The molecule has 1 aliphatic carbocycles. The van der Waals surface area contributed by atoms with Crippen molar-refractivity contribution in [2.24, 2.45) is 5.73 Å². The summed E-state index contributed by atoms with van der Waals surface area (Å²) in [6.45, 7) is 0.0570. The lowest BCUT2D eigenvalue weighted by Gasteiger charge is -2.40. The zero-order valence-corrected chi connectivity index (χ0v) is 17.3. The molecule has 0 unspecified atom stereocenters. The molecule has 0 bridgehead atoms. The number of fused-ring (bicyclic) bond motifs is 1. The fourth-order valence-electron chi connectivity index (χ4n) is 4.70. The van der Waals surface area contributed by atoms with Crippen molar-refractivity contribution in [3.8, 4) is 17.6 Å². The molecule has 2 N–H and O–H groups in total. The summed E-state index contributed by atoms with van der Waals surface area (Å²) in [5.41, 5.74) is 6.57. The number of carbonyl (C=O) groups excluding carboxylic acids is 1. The van der Waals surface area contributed by atoms with Crippen LogP contribution in [0.3, 0.4) is 0 Å². The quantitative estimate of drug-likeness (QED) is 0.707. The van der Waals surface area contributed by atoms with Gasteiger partial charge in [0.1, 0.15) is 5.82 Å². The molecule has 0 saturated carbocycles.